The molecule has 2 aromatic carbocycles. The molecule has 1 unspecified atom stereocenters. The molecule has 0 aliphatic heterocycles. The Kier molecular flexibility index (Phi) is 4.07. The molecule has 1 heterocycles. The molecule has 0 saturated heterocycles. The van der Waals surface area contributed by atoms with Crippen LogP contribution < -0.4 is 11.5 Å². The molecule has 0 saturated carbocycles. The van der Waals surface area contributed by atoms with Crippen molar-refractivity contribution in [1.29, 1.82) is 0 Å². The first-order valence-electron chi connectivity index (χ1n) is 7.06. The van der Waals surface area contributed by atoms with Crippen LogP contribution in [0.15, 0.2) is 48.7 Å². The highest BCUT2D eigenvalue weighted by molar-refractivity contribution is 6.31. The van der Waals surface area contributed by atoms with Crippen LogP contribution in [0.1, 0.15) is 12.6 Å². The van der Waals surface area contributed by atoms with E-state index >= 15 is 0 Å². The van der Waals surface area contributed by atoms with Gasteiger partial charge >= 0.3 is 0 Å². The maximum absolute atomic E-state index is 14.2. The van der Waals surface area contributed by atoms with Gasteiger partial charge in [0.15, 0.2) is 0 Å². The highest BCUT2D eigenvalue weighted by Gasteiger charge is 2.17. The Morgan fingerprint density at radius 3 is 2.65 bits per heavy atom. The number of halogens is 2. The Balaban J connectivity index is 2.24. The monoisotopic (exact) mass is 331 g/mol. The number of amides is 1. The van der Waals surface area contributed by atoms with E-state index in [-0.39, 0.29) is 12.2 Å². The van der Waals surface area contributed by atoms with Crippen LogP contribution in [0.5, 0.6) is 0 Å². The van der Waals surface area contributed by atoms with Gasteiger partial charge in [0.05, 0.1) is 18.1 Å². The van der Waals surface area contributed by atoms with Crippen LogP contribution in [0.4, 0.5) is 4.39 Å². The first-order chi connectivity index (χ1) is 11.0. The molecule has 23 heavy (non-hydrogen) atoms. The summed E-state index contributed by atoms with van der Waals surface area (Å²) in [6.45, 7) is 0. The van der Waals surface area contributed by atoms with Crippen LogP contribution in [0.25, 0.3) is 22.0 Å². The van der Waals surface area contributed by atoms with Gasteiger partial charge in [-0.2, -0.15) is 0 Å². The second kappa shape index (κ2) is 6.02. The summed E-state index contributed by atoms with van der Waals surface area (Å²) in [6.07, 6.45) is 1.09. The maximum Gasteiger partial charge on any atom is 0.220 e. The summed E-state index contributed by atoms with van der Waals surface area (Å²) < 4.78 is 15.9. The predicted octanol–water partition coefficient (Wildman–Crippen LogP) is 3.43. The lowest BCUT2D eigenvalue weighted by molar-refractivity contribution is -0.118. The van der Waals surface area contributed by atoms with Gasteiger partial charge < -0.3 is 16.0 Å². The number of fused-ring (bicyclic) bond motifs is 1. The molecule has 4 N–H and O–H groups in total. The molecule has 0 aliphatic carbocycles. The Labute approximate surface area is 137 Å². The second-order valence-electron chi connectivity index (χ2n) is 5.33. The van der Waals surface area contributed by atoms with E-state index in [0.29, 0.717) is 16.1 Å². The Bertz CT molecular complexity index is 891. The molecule has 3 rings (SSSR count). The quantitative estimate of drug-likeness (QED) is 0.768. The fourth-order valence-corrected chi connectivity index (χ4v) is 2.87. The molecule has 1 atom stereocenters. The summed E-state index contributed by atoms with van der Waals surface area (Å²) in [6, 6.07) is 11.7. The number of nitrogens with zero attached hydrogens (tertiary/aromatic N) is 1. The van der Waals surface area contributed by atoms with Gasteiger partial charge in [0, 0.05) is 27.7 Å². The fourth-order valence-electron chi connectivity index (χ4n) is 2.70. The van der Waals surface area contributed by atoms with E-state index in [9.17, 15) is 9.18 Å². The molecule has 0 bridgehead atoms. The van der Waals surface area contributed by atoms with Crippen LogP contribution in [0.2, 0.25) is 5.02 Å². The number of hydrogen-bond acceptors (Lipinski definition) is 2. The molecule has 1 aromatic heterocycles. The van der Waals surface area contributed by atoms with Crippen LogP contribution in [0, 0.1) is 5.82 Å². The zero-order valence-corrected chi connectivity index (χ0v) is 12.9. The molecular formula is C17H15ClFN3O. The Morgan fingerprint density at radius 2 is 1.96 bits per heavy atom. The van der Waals surface area contributed by atoms with Gasteiger partial charge in [0.1, 0.15) is 5.82 Å². The summed E-state index contributed by atoms with van der Waals surface area (Å²) >= 11 is 6.08. The van der Waals surface area contributed by atoms with Crippen LogP contribution in [-0.4, -0.2) is 10.5 Å². The van der Waals surface area contributed by atoms with Gasteiger partial charge in [-0.15, -0.1) is 0 Å². The van der Waals surface area contributed by atoms with Gasteiger partial charge in [0.25, 0.3) is 0 Å². The van der Waals surface area contributed by atoms with Crippen molar-refractivity contribution >= 4 is 28.4 Å². The van der Waals surface area contributed by atoms with Crippen LogP contribution in [0.3, 0.4) is 0 Å². The summed E-state index contributed by atoms with van der Waals surface area (Å²) in [5, 5.41) is 1.30. The standard InChI is InChI=1S/C17H15ClFN3O/c18-10-5-6-15-12(7-10)13(11-3-1-2-4-14(11)19)9-22(15)16(20)8-17(21)23/h1-7,9,16H,8,20H2,(H2,21,23). The van der Waals surface area contributed by atoms with Crippen LogP contribution in [-0.2, 0) is 4.79 Å². The number of nitrogens with two attached hydrogens (primary N) is 2. The lowest BCUT2D eigenvalue weighted by Gasteiger charge is -2.13. The van der Waals surface area contributed by atoms with E-state index < -0.39 is 12.1 Å². The summed E-state index contributed by atoms with van der Waals surface area (Å²) in [4.78, 5) is 11.2. The van der Waals surface area contributed by atoms with Gasteiger partial charge in [0.2, 0.25) is 5.91 Å². The normalized spacial score (nSPS) is 12.5. The van der Waals surface area contributed by atoms with Crippen molar-refractivity contribution in [2.75, 3.05) is 0 Å². The van der Waals surface area contributed by atoms with E-state index in [0.717, 1.165) is 10.9 Å². The minimum Gasteiger partial charge on any atom is -0.370 e. The first-order valence-corrected chi connectivity index (χ1v) is 7.44. The van der Waals surface area contributed by atoms with Gasteiger partial charge in [-0.1, -0.05) is 29.8 Å². The topological polar surface area (TPSA) is 74.0 Å². The predicted molar refractivity (Wildman–Crippen MR) is 89.4 cm³/mol. The minimum absolute atomic E-state index is 0.0108. The number of benzene rings is 2. The Morgan fingerprint density at radius 1 is 1.22 bits per heavy atom. The number of primary amides is 1. The number of aromatic nitrogens is 1. The second-order valence-corrected chi connectivity index (χ2v) is 5.77. The summed E-state index contributed by atoms with van der Waals surface area (Å²) in [7, 11) is 0. The highest BCUT2D eigenvalue weighted by Crippen LogP contribution is 2.35. The zero-order valence-electron chi connectivity index (χ0n) is 12.2. The molecule has 0 spiro atoms. The van der Waals surface area contributed by atoms with Crippen molar-refractivity contribution in [2.24, 2.45) is 11.5 Å². The molecule has 0 fully saturated rings. The minimum atomic E-state index is -0.628. The third-order valence-corrected chi connectivity index (χ3v) is 3.96. The number of carbonyl (C=O) groups is 1. The smallest absolute Gasteiger partial charge is 0.220 e. The molecule has 6 heteroatoms. The summed E-state index contributed by atoms with van der Waals surface area (Å²) in [5.41, 5.74) is 13.2. The van der Waals surface area contributed by atoms with Crippen LogP contribution >= 0.6 is 11.6 Å². The average molecular weight is 332 g/mol. The van der Waals surface area contributed by atoms with E-state index in [2.05, 4.69) is 0 Å². The first kappa shape index (κ1) is 15.5. The van der Waals surface area contributed by atoms with Crippen molar-refractivity contribution in [2.45, 2.75) is 12.6 Å². The Hall–Kier alpha value is -2.37. The lowest BCUT2D eigenvalue weighted by atomic mass is 10.0. The molecule has 0 radical (unpaired) electrons. The highest BCUT2D eigenvalue weighted by atomic mass is 35.5. The maximum atomic E-state index is 14.2. The van der Waals surface area contributed by atoms with Gasteiger partial charge in [-0.3, -0.25) is 4.79 Å². The largest absolute Gasteiger partial charge is 0.370 e. The van der Waals surface area contributed by atoms with Crippen molar-refractivity contribution in [1.82, 2.24) is 4.57 Å². The van der Waals surface area contributed by atoms with E-state index in [1.807, 2.05) is 0 Å². The van der Waals surface area contributed by atoms with Crippen molar-refractivity contribution < 1.29 is 9.18 Å². The van der Waals surface area contributed by atoms with E-state index in [1.54, 1.807) is 47.2 Å². The molecule has 1 amide bonds. The lowest BCUT2D eigenvalue weighted by Crippen LogP contribution is -2.25. The van der Waals surface area contributed by atoms with Crippen molar-refractivity contribution in [3.05, 3.63) is 59.5 Å². The SMILES string of the molecule is NC(=O)CC(N)n1cc(-c2ccccc2F)c2cc(Cl)ccc21. The van der Waals surface area contributed by atoms with Gasteiger partial charge in [-0.05, 0) is 24.3 Å². The third kappa shape index (κ3) is 2.93. The summed E-state index contributed by atoms with van der Waals surface area (Å²) in [5.74, 6) is -0.837. The van der Waals surface area contributed by atoms with Crippen molar-refractivity contribution in [3.8, 4) is 11.1 Å². The zero-order chi connectivity index (χ0) is 16.6. The number of hydrogen-bond donors (Lipinski definition) is 2. The molecule has 0 aliphatic rings. The fraction of sp³-hybridized carbons (Fsp3) is 0.118. The number of carbonyl (C=O) groups excluding carboxylic acids is 1. The van der Waals surface area contributed by atoms with E-state index in [4.69, 9.17) is 23.1 Å². The third-order valence-electron chi connectivity index (χ3n) is 3.73. The molecule has 3 aromatic rings. The van der Waals surface area contributed by atoms with Crippen molar-refractivity contribution in [3.63, 3.8) is 0 Å². The number of rotatable bonds is 4. The molecular weight excluding hydrogens is 317 g/mol. The molecule has 118 valence electrons. The van der Waals surface area contributed by atoms with Gasteiger partial charge in [-0.25, -0.2) is 4.39 Å². The molecule has 4 nitrogen and oxygen atoms in total. The van der Waals surface area contributed by atoms with E-state index in [1.165, 1.54) is 6.07 Å². The average Bonchev–Trinajstić information content (AvgIpc) is 2.85.